The van der Waals surface area contributed by atoms with Crippen molar-refractivity contribution in [1.82, 2.24) is 4.90 Å². The molecule has 0 aromatic rings. The molecule has 2 heterocycles. The number of thioether (sulfide) groups is 1. The predicted molar refractivity (Wildman–Crippen MR) is 90.1 cm³/mol. The quantitative estimate of drug-likeness (QED) is 0.755. The topological polar surface area (TPSA) is 66.8 Å². The Kier molecular flexibility index (Phi) is 3.19. The highest BCUT2D eigenvalue weighted by Crippen LogP contribution is 2.51. The van der Waals surface area contributed by atoms with Gasteiger partial charge in [0.05, 0.1) is 17.5 Å². The van der Waals surface area contributed by atoms with E-state index < -0.39 is 9.84 Å². The summed E-state index contributed by atoms with van der Waals surface area (Å²) in [6.07, 6.45) is 6.95. The maximum atomic E-state index is 12.2. The van der Waals surface area contributed by atoms with Crippen molar-refractivity contribution in [3.8, 4) is 0 Å². The van der Waals surface area contributed by atoms with E-state index in [2.05, 4.69) is 9.89 Å². The lowest BCUT2D eigenvalue weighted by Crippen LogP contribution is -2.47. The Morgan fingerprint density at radius 1 is 1.09 bits per heavy atom. The number of aliphatic imine (C=N–C) groups is 1. The van der Waals surface area contributed by atoms with E-state index in [1.165, 1.54) is 19.3 Å². The van der Waals surface area contributed by atoms with Crippen molar-refractivity contribution < 1.29 is 13.2 Å². The lowest BCUT2D eigenvalue weighted by Gasteiger charge is -2.36. The van der Waals surface area contributed by atoms with Gasteiger partial charge in [-0.1, -0.05) is 18.2 Å². The average molecular weight is 354 g/mol. The van der Waals surface area contributed by atoms with Gasteiger partial charge < -0.3 is 4.90 Å². The minimum absolute atomic E-state index is 0.0171. The first kappa shape index (κ1) is 14.8. The molecule has 5 aliphatic rings. The molecule has 1 amide bonds. The highest BCUT2D eigenvalue weighted by molar-refractivity contribution is 8.15. The summed E-state index contributed by atoms with van der Waals surface area (Å²) in [4.78, 5) is 18.9. The zero-order chi connectivity index (χ0) is 15.8. The number of sulfone groups is 1. The fourth-order valence-corrected chi connectivity index (χ4v) is 9.02. The molecule has 0 N–H and O–H groups in total. The van der Waals surface area contributed by atoms with Crippen LogP contribution < -0.4 is 0 Å². The van der Waals surface area contributed by atoms with E-state index in [1.54, 1.807) is 11.8 Å². The molecule has 3 saturated carbocycles. The number of fused-ring (bicyclic) bond motifs is 3. The molecule has 0 aromatic heterocycles. The highest BCUT2D eigenvalue weighted by atomic mass is 32.2. The summed E-state index contributed by atoms with van der Waals surface area (Å²) in [5, 5.41) is 0.911. The van der Waals surface area contributed by atoms with Crippen LogP contribution in [0.5, 0.6) is 0 Å². The monoisotopic (exact) mass is 354 g/mol. The lowest BCUT2D eigenvalue weighted by atomic mass is 9.93. The number of amides is 1. The number of rotatable bonds is 2. The molecule has 5 nitrogen and oxygen atoms in total. The molecule has 2 aliphatic heterocycles. The maximum Gasteiger partial charge on any atom is 0.251 e. The molecule has 0 radical (unpaired) electrons. The van der Waals surface area contributed by atoms with E-state index in [0.717, 1.165) is 30.3 Å². The molecule has 126 valence electrons. The summed E-state index contributed by atoms with van der Waals surface area (Å²) >= 11 is 1.56. The Hall–Kier alpha value is -0.560. The second-order valence-electron chi connectivity index (χ2n) is 7.96. The molecule has 5 fully saturated rings. The van der Waals surface area contributed by atoms with Gasteiger partial charge in [0.25, 0.3) is 5.91 Å². The van der Waals surface area contributed by atoms with Crippen molar-refractivity contribution in [3.05, 3.63) is 0 Å². The number of hydrogen-bond acceptors (Lipinski definition) is 4. The summed E-state index contributed by atoms with van der Waals surface area (Å²) in [5.74, 6) is 2.11. The van der Waals surface area contributed by atoms with Crippen LogP contribution in [-0.4, -0.2) is 53.2 Å². The van der Waals surface area contributed by atoms with Gasteiger partial charge in [0, 0.05) is 17.2 Å². The van der Waals surface area contributed by atoms with E-state index in [-0.39, 0.29) is 34.6 Å². The number of carbonyl (C=O) groups excluding carboxylic acids is 1. The third kappa shape index (κ3) is 2.46. The number of amidine groups is 1. The normalized spacial score (nSPS) is 45.8. The van der Waals surface area contributed by atoms with Crippen LogP contribution in [0.15, 0.2) is 4.99 Å². The largest absolute Gasteiger partial charge is 0.343 e. The summed E-state index contributed by atoms with van der Waals surface area (Å²) in [7, 11) is -2.94. The molecule has 7 heteroatoms. The molecular formula is C16H22N2O3S2. The summed E-state index contributed by atoms with van der Waals surface area (Å²) in [6.45, 7) is 0. The zero-order valence-corrected chi connectivity index (χ0v) is 14.7. The Labute approximate surface area is 141 Å². The van der Waals surface area contributed by atoms with Crippen molar-refractivity contribution in [2.45, 2.75) is 55.9 Å². The summed E-state index contributed by atoms with van der Waals surface area (Å²) in [5.41, 5.74) is 0. The average Bonchev–Trinajstić information content (AvgIpc) is 2.86. The van der Waals surface area contributed by atoms with Gasteiger partial charge in [0.15, 0.2) is 15.0 Å². The predicted octanol–water partition coefficient (Wildman–Crippen LogP) is 1.68. The first-order valence-electron chi connectivity index (χ1n) is 8.78. The van der Waals surface area contributed by atoms with Crippen LogP contribution in [0, 0.1) is 17.8 Å². The molecule has 0 aromatic carbocycles. The second-order valence-corrected chi connectivity index (χ2v) is 11.3. The van der Waals surface area contributed by atoms with E-state index in [9.17, 15) is 13.2 Å². The van der Waals surface area contributed by atoms with Crippen LogP contribution in [0.1, 0.15) is 38.5 Å². The van der Waals surface area contributed by atoms with Gasteiger partial charge in [-0.2, -0.15) is 4.99 Å². The van der Waals surface area contributed by atoms with Gasteiger partial charge in [0.2, 0.25) is 0 Å². The van der Waals surface area contributed by atoms with Crippen LogP contribution in [-0.2, 0) is 14.6 Å². The van der Waals surface area contributed by atoms with Crippen LogP contribution in [0.25, 0.3) is 0 Å². The Morgan fingerprint density at radius 2 is 1.91 bits per heavy atom. The minimum Gasteiger partial charge on any atom is -0.343 e. The van der Waals surface area contributed by atoms with Gasteiger partial charge in [0.1, 0.15) is 0 Å². The van der Waals surface area contributed by atoms with Gasteiger partial charge in [-0.25, -0.2) is 8.42 Å². The van der Waals surface area contributed by atoms with E-state index in [0.29, 0.717) is 12.0 Å². The van der Waals surface area contributed by atoms with Crippen LogP contribution in [0.3, 0.4) is 0 Å². The SMILES string of the molecule is O=C(N=C1S[C@@H]2CS(=O)(=O)C[C@@H]2N1[C@@H]1C[C@@H]2CC[C@@H]1C2)C1CC1. The standard InChI is InChI=1S/C16H22N2O3S2/c19-15(10-3-4-10)17-16-18(12-6-9-1-2-11(12)5-9)13-7-23(20,21)8-14(13)22-16/h9-14H,1-8H2/t9-,11-,12-,13+,14-/m1/s1. The van der Waals surface area contributed by atoms with Crippen LogP contribution in [0.4, 0.5) is 0 Å². The first-order chi connectivity index (χ1) is 11.0. The Morgan fingerprint density at radius 3 is 2.57 bits per heavy atom. The minimum atomic E-state index is -2.94. The Balaban J connectivity index is 1.47. The molecule has 0 unspecified atom stereocenters. The highest BCUT2D eigenvalue weighted by Gasteiger charge is 2.54. The summed E-state index contributed by atoms with van der Waals surface area (Å²) < 4.78 is 24.1. The fraction of sp³-hybridized carbons (Fsp3) is 0.875. The number of nitrogens with zero attached hydrogens (tertiary/aromatic N) is 2. The van der Waals surface area contributed by atoms with E-state index >= 15 is 0 Å². The lowest BCUT2D eigenvalue weighted by molar-refractivity contribution is -0.118. The van der Waals surface area contributed by atoms with E-state index in [4.69, 9.17) is 0 Å². The molecule has 23 heavy (non-hydrogen) atoms. The van der Waals surface area contributed by atoms with E-state index in [1.807, 2.05) is 0 Å². The number of hydrogen-bond donors (Lipinski definition) is 0. The molecule has 5 atom stereocenters. The molecule has 2 bridgehead atoms. The molecular weight excluding hydrogens is 332 g/mol. The van der Waals surface area contributed by atoms with Gasteiger partial charge in [-0.15, -0.1) is 0 Å². The van der Waals surface area contributed by atoms with Crippen molar-refractivity contribution in [2.24, 2.45) is 22.7 Å². The molecule has 5 rings (SSSR count). The van der Waals surface area contributed by atoms with Crippen LogP contribution in [0.2, 0.25) is 0 Å². The smallest absolute Gasteiger partial charge is 0.251 e. The van der Waals surface area contributed by atoms with Crippen molar-refractivity contribution >= 4 is 32.7 Å². The van der Waals surface area contributed by atoms with Crippen molar-refractivity contribution in [3.63, 3.8) is 0 Å². The van der Waals surface area contributed by atoms with Crippen molar-refractivity contribution in [1.29, 1.82) is 0 Å². The third-order valence-corrected chi connectivity index (χ3v) is 9.52. The van der Waals surface area contributed by atoms with Gasteiger partial charge >= 0.3 is 0 Å². The Bertz CT molecular complexity index is 685. The molecule has 0 spiro atoms. The molecule has 3 aliphatic carbocycles. The van der Waals surface area contributed by atoms with Crippen molar-refractivity contribution in [2.75, 3.05) is 11.5 Å². The summed E-state index contributed by atoms with van der Waals surface area (Å²) in [6, 6.07) is 0.454. The van der Waals surface area contributed by atoms with Gasteiger partial charge in [-0.3, -0.25) is 4.79 Å². The van der Waals surface area contributed by atoms with Gasteiger partial charge in [-0.05, 0) is 43.9 Å². The third-order valence-electron chi connectivity index (χ3n) is 6.30. The fourth-order valence-electron chi connectivity index (χ4n) is 5.05. The zero-order valence-electron chi connectivity index (χ0n) is 13.1. The maximum absolute atomic E-state index is 12.2. The number of carbonyl (C=O) groups is 1. The second kappa shape index (κ2) is 4.97. The first-order valence-corrected chi connectivity index (χ1v) is 11.5. The van der Waals surface area contributed by atoms with Crippen LogP contribution >= 0.6 is 11.8 Å². The molecule has 2 saturated heterocycles.